The summed E-state index contributed by atoms with van der Waals surface area (Å²) < 4.78 is 7.91. The van der Waals surface area contributed by atoms with Crippen molar-refractivity contribution in [3.05, 3.63) is 65.6 Å². The molecule has 1 aliphatic rings. The Morgan fingerprint density at radius 2 is 2.06 bits per heavy atom. The number of anilines is 1. The molecule has 0 amide bonds. The van der Waals surface area contributed by atoms with Crippen molar-refractivity contribution in [1.29, 1.82) is 0 Å². The summed E-state index contributed by atoms with van der Waals surface area (Å²) in [6.45, 7) is 6.80. The third-order valence-corrected chi connectivity index (χ3v) is 7.00. The zero-order valence-corrected chi connectivity index (χ0v) is 19.8. The van der Waals surface area contributed by atoms with Gasteiger partial charge in [-0.05, 0) is 49.6 Å². The van der Waals surface area contributed by atoms with Gasteiger partial charge in [0.25, 0.3) is 0 Å². The van der Waals surface area contributed by atoms with Gasteiger partial charge in [0.2, 0.25) is 0 Å². The van der Waals surface area contributed by atoms with Gasteiger partial charge in [0.1, 0.15) is 22.7 Å². The van der Waals surface area contributed by atoms with E-state index >= 15 is 0 Å². The Morgan fingerprint density at radius 3 is 2.91 bits per heavy atom. The maximum atomic E-state index is 5.97. The van der Waals surface area contributed by atoms with E-state index in [9.17, 15) is 0 Å². The number of likely N-dealkylation sites (tertiary alicyclic amines) is 1. The van der Waals surface area contributed by atoms with Crippen LogP contribution in [0.4, 0.5) is 5.82 Å². The highest BCUT2D eigenvalue weighted by Crippen LogP contribution is 2.29. The molecule has 4 aromatic rings. The summed E-state index contributed by atoms with van der Waals surface area (Å²) in [5.74, 6) is 1.92. The van der Waals surface area contributed by atoms with E-state index in [1.54, 1.807) is 17.7 Å². The van der Waals surface area contributed by atoms with Gasteiger partial charge < -0.3 is 10.1 Å². The lowest BCUT2D eigenvalue weighted by Gasteiger charge is -2.32. The van der Waals surface area contributed by atoms with Gasteiger partial charge in [0, 0.05) is 55.9 Å². The molecule has 1 saturated heterocycles. The van der Waals surface area contributed by atoms with Crippen molar-refractivity contribution in [2.75, 3.05) is 25.0 Å². The predicted octanol–water partition coefficient (Wildman–Crippen LogP) is 4.74. The van der Waals surface area contributed by atoms with E-state index in [1.807, 2.05) is 29.2 Å². The first-order valence-corrected chi connectivity index (χ1v) is 12.4. The zero-order valence-electron chi connectivity index (χ0n) is 19.0. The second kappa shape index (κ2) is 10.3. The van der Waals surface area contributed by atoms with Crippen LogP contribution in [-0.2, 0) is 13.1 Å². The minimum atomic E-state index is 0.448. The topological polar surface area (TPSA) is 68.1 Å². The van der Waals surface area contributed by atoms with Gasteiger partial charge in [0.15, 0.2) is 0 Å². The van der Waals surface area contributed by atoms with Crippen LogP contribution in [-0.4, -0.2) is 50.4 Å². The molecule has 1 aromatic carbocycles. The number of ether oxygens (including phenoxy) is 1. The highest BCUT2D eigenvalue weighted by Gasteiger charge is 2.20. The number of nitrogens with zero attached hydrogens (tertiary/aromatic N) is 5. The number of thiophene rings is 1. The second-order valence-electron chi connectivity index (χ2n) is 8.61. The molecule has 8 heteroatoms. The Balaban J connectivity index is 1.09. The molecule has 33 heavy (non-hydrogen) atoms. The molecule has 1 fully saturated rings. The first kappa shape index (κ1) is 21.9. The molecule has 0 radical (unpaired) electrons. The summed E-state index contributed by atoms with van der Waals surface area (Å²) in [6, 6.07) is 13.1. The predicted molar refractivity (Wildman–Crippen MR) is 133 cm³/mol. The third kappa shape index (κ3) is 5.69. The van der Waals surface area contributed by atoms with Crippen LogP contribution in [0.15, 0.2) is 55.1 Å². The summed E-state index contributed by atoms with van der Waals surface area (Å²) in [5.41, 5.74) is 1.30. The molecule has 4 heterocycles. The third-order valence-electron chi connectivity index (χ3n) is 6.05. The van der Waals surface area contributed by atoms with Gasteiger partial charge in [-0.1, -0.05) is 12.1 Å². The largest absolute Gasteiger partial charge is 0.494 e. The van der Waals surface area contributed by atoms with Crippen LogP contribution in [0, 0.1) is 6.92 Å². The van der Waals surface area contributed by atoms with Gasteiger partial charge >= 0.3 is 0 Å². The van der Waals surface area contributed by atoms with E-state index in [1.165, 1.54) is 10.4 Å². The van der Waals surface area contributed by atoms with Gasteiger partial charge in [-0.15, -0.1) is 11.3 Å². The molecular weight excluding hydrogens is 432 g/mol. The molecular formula is C25H30N6OS. The molecule has 0 atom stereocenters. The number of fused-ring (bicyclic) bond motifs is 1. The van der Waals surface area contributed by atoms with E-state index in [4.69, 9.17) is 4.74 Å². The minimum absolute atomic E-state index is 0.448. The summed E-state index contributed by atoms with van der Waals surface area (Å²) in [7, 11) is 0. The summed E-state index contributed by atoms with van der Waals surface area (Å²) >= 11 is 1.72. The molecule has 1 aliphatic heterocycles. The molecule has 3 aromatic heterocycles. The summed E-state index contributed by atoms with van der Waals surface area (Å²) in [6.07, 6.45) is 8.62. The van der Waals surface area contributed by atoms with Crippen molar-refractivity contribution in [3.8, 4) is 5.75 Å². The maximum absolute atomic E-state index is 5.97. The molecule has 0 saturated carbocycles. The Bertz CT molecular complexity index is 1170. The Morgan fingerprint density at radius 1 is 1.15 bits per heavy atom. The van der Waals surface area contributed by atoms with Crippen molar-refractivity contribution in [2.24, 2.45) is 0 Å². The molecule has 0 spiro atoms. The quantitative estimate of drug-likeness (QED) is 0.362. The number of benzene rings is 1. The van der Waals surface area contributed by atoms with Gasteiger partial charge in [-0.2, -0.15) is 5.10 Å². The lowest BCUT2D eigenvalue weighted by molar-refractivity contribution is 0.211. The van der Waals surface area contributed by atoms with Crippen LogP contribution in [0.5, 0.6) is 5.75 Å². The SMILES string of the molecule is Cc1cc2c(NC3CCN(Cc4cccc(OCCCn5cccn5)c4)CC3)ncnc2s1. The smallest absolute Gasteiger partial charge is 0.138 e. The van der Waals surface area contributed by atoms with E-state index in [2.05, 4.69) is 56.5 Å². The summed E-state index contributed by atoms with van der Waals surface area (Å²) in [4.78, 5) is 13.8. The molecule has 0 unspecified atom stereocenters. The number of aryl methyl sites for hydroxylation is 2. The number of hydrogen-bond donors (Lipinski definition) is 1. The van der Waals surface area contributed by atoms with E-state index < -0.39 is 0 Å². The lowest BCUT2D eigenvalue weighted by atomic mass is 10.0. The van der Waals surface area contributed by atoms with Gasteiger partial charge in [-0.3, -0.25) is 9.58 Å². The Labute approximate surface area is 198 Å². The van der Waals surface area contributed by atoms with E-state index in [0.29, 0.717) is 12.6 Å². The molecule has 172 valence electrons. The van der Waals surface area contributed by atoms with Crippen LogP contribution in [0.2, 0.25) is 0 Å². The average Bonchev–Trinajstić information content (AvgIpc) is 3.48. The lowest BCUT2D eigenvalue weighted by Crippen LogP contribution is -2.38. The minimum Gasteiger partial charge on any atom is -0.494 e. The fourth-order valence-corrected chi connectivity index (χ4v) is 5.21. The Kier molecular flexibility index (Phi) is 6.83. The number of hydrogen-bond acceptors (Lipinski definition) is 7. The molecule has 0 bridgehead atoms. The molecule has 0 aliphatic carbocycles. The number of piperidine rings is 1. The van der Waals surface area contributed by atoms with Crippen LogP contribution >= 0.6 is 11.3 Å². The highest BCUT2D eigenvalue weighted by molar-refractivity contribution is 7.18. The van der Waals surface area contributed by atoms with Crippen LogP contribution in [0.1, 0.15) is 29.7 Å². The number of rotatable bonds is 9. The first-order valence-electron chi connectivity index (χ1n) is 11.6. The highest BCUT2D eigenvalue weighted by atomic mass is 32.1. The van der Waals surface area contributed by atoms with Crippen molar-refractivity contribution in [1.82, 2.24) is 24.6 Å². The van der Waals surface area contributed by atoms with Crippen molar-refractivity contribution in [2.45, 2.75) is 45.3 Å². The normalized spacial score (nSPS) is 15.2. The van der Waals surface area contributed by atoms with Crippen molar-refractivity contribution < 1.29 is 4.74 Å². The maximum Gasteiger partial charge on any atom is 0.138 e. The van der Waals surface area contributed by atoms with Crippen LogP contribution in [0.3, 0.4) is 0 Å². The van der Waals surface area contributed by atoms with Crippen LogP contribution in [0.25, 0.3) is 10.2 Å². The van der Waals surface area contributed by atoms with Crippen molar-refractivity contribution in [3.63, 3.8) is 0 Å². The van der Waals surface area contributed by atoms with E-state index in [0.717, 1.165) is 67.2 Å². The number of aromatic nitrogens is 4. The zero-order chi connectivity index (χ0) is 22.5. The summed E-state index contributed by atoms with van der Waals surface area (Å²) in [5, 5.41) is 9.04. The molecule has 1 N–H and O–H groups in total. The van der Waals surface area contributed by atoms with E-state index in [-0.39, 0.29) is 0 Å². The Hall–Kier alpha value is -2.97. The van der Waals surface area contributed by atoms with Crippen molar-refractivity contribution >= 4 is 27.4 Å². The monoisotopic (exact) mass is 462 g/mol. The number of nitrogens with one attached hydrogen (secondary N) is 1. The van der Waals surface area contributed by atoms with Gasteiger partial charge in [-0.25, -0.2) is 9.97 Å². The molecule has 5 rings (SSSR count). The fraction of sp³-hybridized carbons (Fsp3) is 0.400. The first-order chi connectivity index (χ1) is 16.2. The fourth-order valence-electron chi connectivity index (χ4n) is 4.36. The standard InChI is InChI=1S/C25H30N6OS/c1-19-15-23-24(26-18-27-25(23)33-19)29-21-7-12-30(13-8-21)17-20-5-2-6-22(16-20)32-14-4-11-31-10-3-9-28-31/h2-3,5-6,9-10,15-16,18,21H,4,7-8,11-14,17H2,1H3,(H,26,27,29). The average molecular weight is 463 g/mol. The van der Waals surface area contributed by atoms with Crippen LogP contribution < -0.4 is 10.1 Å². The van der Waals surface area contributed by atoms with Gasteiger partial charge in [0.05, 0.1) is 12.0 Å². The molecule has 7 nitrogen and oxygen atoms in total. The second-order valence-corrected chi connectivity index (χ2v) is 9.85.